The van der Waals surface area contributed by atoms with Crippen molar-refractivity contribution in [2.75, 3.05) is 5.32 Å². The zero-order valence-electron chi connectivity index (χ0n) is 10.8. The molecule has 1 aromatic carbocycles. The predicted molar refractivity (Wildman–Crippen MR) is 87.0 cm³/mol. The van der Waals surface area contributed by atoms with E-state index in [1.54, 1.807) is 6.20 Å². The number of imidazole rings is 1. The molecule has 5 heteroatoms. The number of fused-ring (bicyclic) bond motifs is 1. The number of amides is 1. The maximum absolute atomic E-state index is 12.2. The number of halogens is 1. The number of aromatic nitrogens is 2. The second-order valence-electron chi connectivity index (χ2n) is 4.44. The summed E-state index contributed by atoms with van der Waals surface area (Å²) < 4.78 is 3.07. The van der Waals surface area contributed by atoms with E-state index in [9.17, 15) is 4.79 Å². The minimum absolute atomic E-state index is 0.200. The first-order valence-electron chi connectivity index (χ1n) is 6.16. The van der Waals surface area contributed by atoms with Crippen molar-refractivity contribution < 1.29 is 4.79 Å². The molecule has 2 heterocycles. The second kappa shape index (κ2) is 5.24. The number of nitrogens with zero attached hydrogens (tertiary/aromatic N) is 2. The predicted octanol–water partition coefficient (Wildman–Crippen LogP) is 3.50. The van der Waals surface area contributed by atoms with Crippen LogP contribution in [0.1, 0.15) is 16.2 Å². The number of pyridine rings is 1. The van der Waals surface area contributed by atoms with Crippen LogP contribution < -0.4 is 5.32 Å². The van der Waals surface area contributed by atoms with E-state index in [1.165, 1.54) is 0 Å². The molecule has 100 valence electrons. The first-order chi connectivity index (χ1) is 9.65. The van der Waals surface area contributed by atoms with Crippen LogP contribution in [0.25, 0.3) is 5.65 Å². The lowest BCUT2D eigenvalue weighted by atomic mass is 10.3. The van der Waals surface area contributed by atoms with Crippen LogP contribution in [0.2, 0.25) is 0 Å². The van der Waals surface area contributed by atoms with Crippen molar-refractivity contribution in [1.82, 2.24) is 9.38 Å². The Morgan fingerprint density at radius 3 is 2.70 bits per heavy atom. The highest BCUT2D eigenvalue weighted by molar-refractivity contribution is 14.1. The number of para-hydroxylation sites is 1. The molecule has 0 unspecified atom stereocenters. The van der Waals surface area contributed by atoms with Gasteiger partial charge in [-0.1, -0.05) is 18.2 Å². The lowest BCUT2D eigenvalue weighted by Crippen LogP contribution is -2.12. The van der Waals surface area contributed by atoms with E-state index in [0.29, 0.717) is 5.69 Å². The van der Waals surface area contributed by atoms with Crippen LogP contribution in [0.4, 0.5) is 5.69 Å². The third kappa shape index (κ3) is 2.40. The van der Waals surface area contributed by atoms with Crippen molar-refractivity contribution in [3.63, 3.8) is 0 Å². The molecule has 0 aliphatic heterocycles. The highest BCUT2D eigenvalue weighted by atomic mass is 127. The van der Waals surface area contributed by atoms with Gasteiger partial charge in [-0.15, -0.1) is 0 Å². The first kappa shape index (κ1) is 13.1. The molecule has 20 heavy (non-hydrogen) atoms. The molecule has 0 aliphatic rings. The van der Waals surface area contributed by atoms with Gasteiger partial charge in [-0.3, -0.25) is 4.79 Å². The fraction of sp³-hybridized carbons (Fsp3) is 0.0667. The Hall–Kier alpha value is -1.89. The average Bonchev–Trinajstić information content (AvgIpc) is 2.89. The van der Waals surface area contributed by atoms with Gasteiger partial charge >= 0.3 is 0 Å². The van der Waals surface area contributed by atoms with E-state index >= 15 is 0 Å². The van der Waals surface area contributed by atoms with Gasteiger partial charge in [0.25, 0.3) is 5.91 Å². The number of carbonyl (C=O) groups excluding carboxylic acids is 1. The molecule has 2 aromatic heterocycles. The summed E-state index contributed by atoms with van der Waals surface area (Å²) >= 11 is 2.27. The molecule has 0 saturated carbocycles. The summed E-state index contributed by atoms with van der Waals surface area (Å²) in [4.78, 5) is 16.5. The molecule has 0 radical (unpaired) electrons. The molecule has 1 amide bonds. The van der Waals surface area contributed by atoms with Crippen molar-refractivity contribution in [2.24, 2.45) is 0 Å². The van der Waals surface area contributed by atoms with Crippen LogP contribution in [-0.2, 0) is 0 Å². The van der Waals surface area contributed by atoms with E-state index in [-0.39, 0.29) is 5.91 Å². The lowest BCUT2D eigenvalue weighted by Gasteiger charge is -2.01. The summed E-state index contributed by atoms with van der Waals surface area (Å²) in [7, 11) is 0. The van der Waals surface area contributed by atoms with Crippen LogP contribution in [-0.4, -0.2) is 15.3 Å². The second-order valence-corrected chi connectivity index (χ2v) is 5.60. The van der Waals surface area contributed by atoms with Gasteiger partial charge in [0.05, 0.1) is 0 Å². The maximum atomic E-state index is 12.2. The van der Waals surface area contributed by atoms with Gasteiger partial charge in [0.2, 0.25) is 0 Å². The third-order valence-corrected chi connectivity index (χ3v) is 4.22. The van der Waals surface area contributed by atoms with Crippen LogP contribution in [0, 0.1) is 10.5 Å². The number of carbonyl (C=O) groups is 1. The molecule has 0 saturated heterocycles. The minimum Gasteiger partial charge on any atom is -0.321 e. The fourth-order valence-corrected chi connectivity index (χ4v) is 2.43. The molecule has 3 rings (SSSR count). The van der Waals surface area contributed by atoms with Crippen LogP contribution in [0.3, 0.4) is 0 Å². The molecule has 0 spiro atoms. The Kier molecular flexibility index (Phi) is 3.43. The first-order valence-corrected chi connectivity index (χ1v) is 7.23. The highest BCUT2D eigenvalue weighted by Crippen LogP contribution is 2.16. The number of benzene rings is 1. The Balaban J connectivity index is 1.94. The number of rotatable bonds is 2. The van der Waals surface area contributed by atoms with Crippen molar-refractivity contribution >= 4 is 39.8 Å². The largest absolute Gasteiger partial charge is 0.321 e. The van der Waals surface area contributed by atoms with E-state index in [4.69, 9.17) is 0 Å². The van der Waals surface area contributed by atoms with E-state index < -0.39 is 0 Å². The van der Waals surface area contributed by atoms with Gasteiger partial charge in [-0.25, -0.2) is 4.98 Å². The molecular weight excluding hydrogens is 365 g/mol. The number of anilines is 1. The van der Waals surface area contributed by atoms with Crippen molar-refractivity contribution in [3.8, 4) is 0 Å². The number of hydrogen-bond acceptors (Lipinski definition) is 2. The monoisotopic (exact) mass is 377 g/mol. The van der Waals surface area contributed by atoms with Crippen LogP contribution in [0.5, 0.6) is 0 Å². The summed E-state index contributed by atoms with van der Waals surface area (Å²) in [6.45, 7) is 2.01. The minimum atomic E-state index is -0.200. The van der Waals surface area contributed by atoms with Gasteiger partial charge in [0.1, 0.15) is 11.3 Å². The van der Waals surface area contributed by atoms with E-state index in [2.05, 4.69) is 32.9 Å². The number of hydrogen-bond donors (Lipinski definition) is 1. The molecule has 0 aliphatic carbocycles. The molecule has 3 aromatic rings. The van der Waals surface area contributed by atoms with Crippen LogP contribution in [0.15, 0.2) is 48.7 Å². The molecular formula is C15H12IN3O. The normalized spacial score (nSPS) is 10.7. The van der Waals surface area contributed by atoms with Crippen molar-refractivity contribution in [2.45, 2.75) is 6.92 Å². The Labute approximate surface area is 130 Å². The van der Waals surface area contributed by atoms with Gasteiger partial charge < -0.3 is 9.72 Å². The van der Waals surface area contributed by atoms with Gasteiger partial charge in [-0.2, -0.15) is 0 Å². The van der Waals surface area contributed by atoms with Crippen LogP contribution >= 0.6 is 22.6 Å². The van der Waals surface area contributed by atoms with Gasteiger partial charge in [0, 0.05) is 21.1 Å². The van der Waals surface area contributed by atoms with Gasteiger partial charge in [-0.05, 0) is 53.8 Å². The molecule has 1 N–H and O–H groups in total. The maximum Gasteiger partial charge on any atom is 0.275 e. The lowest BCUT2D eigenvalue weighted by molar-refractivity contribution is 0.102. The molecule has 4 nitrogen and oxygen atoms in total. The third-order valence-electron chi connectivity index (χ3n) is 3.08. The quantitative estimate of drug-likeness (QED) is 0.695. The number of nitrogens with one attached hydrogen (secondary N) is 1. The Morgan fingerprint density at radius 1 is 1.20 bits per heavy atom. The van der Waals surface area contributed by atoms with Crippen molar-refractivity contribution in [3.05, 3.63) is 63.6 Å². The Morgan fingerprint density at radius 2 is 1.95 bits per heavy atom. The molecule has 0 atom stereocenters. The standard InChI is InChI=1S/C15H12IN3O/c1-10-12(16)7-8-14-18-13(9-19(10)14)15(20)17-11-5-3-2-4-6-11/h2-9H,1H3,(H,17,20). The molecule has 0 bridgehead atoms. The summed E-state index contributed by atoms with van der Waals surface area (Å²) in [5, 5.41) is 2.84. The Bertz CT molecular complexity index is 780. The van der Waals surface area contributed by atoms with E-state index in [0.717, 1.165) is 20.6 Å². The van der Waals surface area contributed by atoms with Crippen molar-refractivity contribution in [1.29, 1.82) is 0 Å². The highest BCUT2D eigenvalue weighted by Gasteiger charge is 2.12. The van der Waals surface area contributed by atoms with Gasteiger partial charge in [0.15, 0.2) is 0 Å². The summed E-state index contributed by atoms with van der Waals surface area (Å²) in [5.74, 6) is -0.200. The van der Waals surface area contributed by atoms with E-state index in [1.807, 2.05) is 53.8 Å². The summed E-state index contributed by atoms with van der Waals surface area (Å²) in [6, 6.07) is 13.3. The summed E-state index contributed by atoms with van der Waals surface area (Å²) in [5.41, 5.74) is 3.04. The summed E-state index contributed by atoms with van der Waals surface area (Å²) in [6.07, 6.45) is 1.77. The molecule has 0 fully saturated rings. The SMILES string of the molecule is Cc1c(I)ccc2nc(C(=O)Nc3ccccc3)cn12. The average molecular weight is 377 g/mol. The topological polar surface area (TPSA) is 46.4 Å². The zero-order valence-corrected chi connectivity index (χ0v) is 13.0. The smallest absolute Gasteiger partial charge is 0.275 e. The zero-order chi connectivity index (χ0) is 14.1. The number of aryl methyl sites for hydroxylation is 1. The fourth-order valence-electron chi connectivity index (χ4n) is 1.99.